The third-order valence-electron chi connectivity index (χ3n) is 3.70. The van der Waals surface area contributed by atoms with Crippen molar-refractivity contribution in [3.8, 4) is 5.75 Å². The normalized spacial score (nSPS) is 10.4. The molecular formula is C19H19N3O5. The highest BCUT2D eigenvalue weighted by molar-refractivity contribution is 5.95. The van der Waals surface area contributed by atoms with Crippen LogP contribution in [0.5, 0.6) is 5.75 Å². The van der Waals surface area contributed by atoms with Crippen LogP contribution >= 0.6 is 0 Å². The maximum atomic E-state index is 12.1. The number of nitrogens with one attached hydrogen (secondary N) is 1. The number of furan rings is 1. The highest BCUT2D eigenvalue weighted by atomic mass is 16.5. The van der Waals surface area contributed by atoms with Gasteiger partial charge in [0.2, 0.25) is 5.76 Å². The van der Waals surface area contributed by atoms with Crippen LogP contribution in [0.15, 0.2) is 53.2 Å². The van der Waals surface area contributed by atoms with Crippen LogP contribution in [0.4, 0.5) is 5.69 Å². The number of amides is 1. The van der Waals surface area contributed by atoms with Gasteiger partial charge in [0.15, 0.2) is 6.61 Å². The van der Waals surface area contributed by atoms with Gasteiger partial charge in [0.1, 0.15) is 11.5 Å². The maximum Gasteiger partial charge on any atom is 0.374 e. The molecule has 8 heteroatoms. The predicted molar refractivity (Wildman–Crippen MR) is 96.7 cm³/mol. The van der Waals surface area contributed by atoms with Gasteiger partial charge in [-0.25, -0.2) is 4.79 Å². The lowest BCUT2D eigenvalue weighted by atomic mass is 10.2. The van der Waals surface area contributed by atoms with Crippen LogP contribution in [0.25, 0.3) is 0 Å². The van der Waals surface area contributed by atoms with Crippen molar-refractivity contribution in [2.24, 2.45) is 0 Å². The highest BCUT2D eigenvalue weighted by Gasteiger charge is 2.16. The van der Waals surface area contributed by atoms with Crippen molar-refractivity contribution in [3.63, 3.8) is 0 Å². The topological polar surface area (TPSA) is 95.6 Å². The summed E-state index contributed by atoms with van der Waals surface area (Å²) in [5.74, 6) is -0.0871. The maximum absolute atomic E-state index is 12.1. The third kappa shape index (κ3) is 4.75. The Morgan fingerprint density at radius 1 is 1.26 bits per heavy atom. The van der Waals surface area contributed by atoms with Crippen LogP contribution in [-0.2, 0) is 16.1 Å². The summed E-state index contributed by atoms with van der Waals surface area (Å²) >= 11 is 0. The first-order valence-electron chi connectivity index (χ1n) is 8.23. The number of esters is 1. The van der Waals surface area contributed by atoms with E-state index in [4.69, 9.17) is 13.9 Å². The number of aromatic nitrogens is 2. The Balaban J connectivity index is 1.54. The second-order valence-electron chi connectivity index (χ2n) is 5.80. The van der Waals surface area contributed by atoms with E-state index in [1.807, 2.05) is 13.0 Å². The highest BCUT2D eigenvalue weighted by Crippen LogP contribution is 2.25. The molecule has 0 unspecified atom stereocenters. The monoisotopic (exact) mass is 369 g/mol. The van der Waals surface area contributed by atoms with Gasteiger partial charge in [-0.15, -0.1) is 0 Å². The van der Waals surface area contributed by atoms with Crippen molar-refractivity contribution in [1.29, 1.82) is 0 Å². The van der Waals surface area contributed by atoms with E-state index in [1.165, 1.54) is 13.2 Å². The molecule has 1 N–H and O–H groups in total. The fraction of sp³-hybridized carbons (Fsp3) is 0.211. The standard InChI is InChI=1S/C19H19N3O5/c1-13-4-6-16(25-2)15(10-13)21-18(23)12-26-19(24)17-7-5-14(27-17)11-22-9-3-8-20-22/h3-10H,11-12H2,1-2H3,(H,21,23). The third-order valence-corrected chi connectivity index (χ3v) is 3.70. The molecule has 0 aliphatic heterocycles. The molecule has 0 saturated carbocycles. The number of ether oxygens (including phenoxy) is 2. The van der Waals surface area contributed by atoms with Crippen molar-refractivity contribution < 1.29 is 23.5 Å². The number of hydrogen-bond acceptors (Lipinski definition) is 6. The van der Waals surface area contributed by atoms with Crippen molar-refractivity contribution >= 4 is 17.6 Å². The molecule has 1 aromatic carbocycles. The van der Waals surface area contributed by atoms with E-state index in [2.05, 4.69) is 10.4 Å². The quantitative estimate of drug-likeness (QED) is 0.643. The zero-order valence-corrected chi connectivity index (χ0v) is 15.0. The number of rotatable bonds is 7. The molecule has 0 fully saturated rings. The number of carbonyl (C=O) groups is 2. The molecule has 140 valence electrons. The fourth-order valence-corrected chi connectivity index (χ4v) is 2.43. The van der Waals surface area contributed by atoms with Gasteiger partial charge in [-0.3, -0.25) is 9.48 Å². The number of benzene rings is 1. The molecular weight excluding hydrogens is 350 g/mol. The van der Waals surface area contributed by atoms with Crippen molar-refractivity contribution in [3.05, 3.63) is 65.9 Å². The van der Waals surface area contributed by atoms with Crippen LogP contribution in [-0.4, -0.2) is 35.4 Å². The van der Waals surface area contributed by atoms with Gasteiger partial charge in [-0.05, 0) is 42.8 Å². The minimum absolute atomic E-state index is 0.0260. The predicted octanol–water partition coefficient (Wildman–Crippen LogP) is 2.64. The molecule has 2 aromatic heterocycles. The van der Waals surface area contributed by atoms with Gasteiger partial charge < -0.3 is 19.2 Å². The smallest absolute Gasteiger partial charge is 0.374 e. The molecule has 3 rings (SSSR count). The van der Waals surface area contributed by atoms with Crippen LogP contribution in [0.3, 0.4) is 0 Å². The minimum atomic E-state index is -0.715. The molecule has 8 nitrogen and oxygen atoms in total. The fourth-order valence-electron chi connectivity index (χ4n) is 2.43. The summed E-state index contributed by atoms with van der Waals surface area (Å²) in [6.07, 6.45) is 3.43. The van der Waals surface area contributed by atoms with E-state index in [0.717, 1.165) is 5.56 Å². The van der Waals surface area contributed by atoms with E-state index in [0.29, 0.717) is 23.7 Å². The number of carbonyl (C=O) groups excluding carboxylic acids is 2. The van der Waals surface area contributed by atoms with E-state index in [-0.39, 0.29) is 5.76 Å². The number of anilines is 1. The lowest BCUT2D eigenvalue weighted by molar-refractivity contribution is -0.119. The Hall–Kier alpha value is -3.55. The number of aryl methyl sites for hydroxylation is 1. The van der Waals surface area contributed by atoms with E-state index in [9.17, 15) is 9.59 Å². The van der Waals surface area contributed by atoms with Crippen molar-refractivity contribution in [1.82, 2.24) is 9.78 Å². The number of methoxy groups -OCH3 is 1. The SMILES string of the molecule is COc1ccc(C)cc1NC(=O)COC(=O)c1ccc(Cn2cccn2)o1. The van der Waals surface area contributed by atoms with Gasteiger partial charge >= 0.3 is 5.97 Å². The van der Waals surface area contributed by atoms with E-state index < -0.39 is 18.5 Å². The van der Waals surface area contributed by atoms with Gasteiger partial charge in [0.05, 0.1) is 19.3 Å². The Morgan fingerprint density at radius 2 is 2.11 bits per heavy atom. The molecule has 0 bridgehead atoms. The second kappa shape index (κ2) is 8.22. The van der Waals surface area contributed by atoms with E-state index in [1.54, 1.807) is 41.3 Å². The Kier molecular flexibility index (Phi) is 5.55. The summed E-state index contributed by atoms with van der Waals surface area (Å²) < 4.78 is 17.3. The molecule has 0 aliphatic rings. The summed E-state index contributed by atoms with van der Waals surface area (Å²) in [6.45, 7) is 1.85. The molecule has 2 heterocycles. The summed E-state index contributed by atoms with van der Waals surface area (Å²) in [4.78, 5) is 24.1. The molecule has 27 heavy (non-hydrogen) atoms. The minimum Gasteiger partial charge on any atom is -0.495 e. The molecule has 0 aliphatic carbocycles. The van der Waals surface area contributed by atoms with Gasteiger partial charge in [0, 0.05) is 12.4 Å². The molecule has 0 atom stereocenters. The summed E-state index contributed by atoms with van der Waals surface area (Å²) in [6, 6.07) is 10.3. The lowest BCUT2D eigenvalue weighted by Gasteiger charge is -2.11. The number of nitrogens with zero attached hydrogens (tertiary/aromatic N) is 2. The van der Waals surface area contributed by atoms with Crippen LogP contribution in [0.1, 0.15) is 21.9 Å². The van der Waals surface area contributed by atoms with Crippen LogP contribution in [0, 0.1) is 6.92 Å². The Bertz CT molecular complexity index is 931. The van der Waals surface area contributed by atoms with Gasteiger partial charge in [-0.1, -0.05) is 6.07 Å². The molecule has 0 saturated heterocycles. The van der Waals surface area contributed by atoms with Crippen molar-refractivity contribution in [2.45, 2.75) is 13.5 Å². The number of hydrogen-bond donors (Lipinski definition) is 1. The van der Waals surface area contributed by atoms with Gasteiger partial charge in [0.25, 0.3) is 5.91 Å². The molecule has 3 aromatic rings. The van der Waals surface area contributed by atoms with Crippen LogP contribution < -0.4 is 10.1 Å². The molecule has 0 spiro atoms. The van der Waals surface area contributed by atoms with Crippen molar-refractivity contribution in [2.75, 3.05) is 19.0 Å². The van der Waals surface area contributed by atoms with E-state index >= 15 is 0 Å². The zero-order valence-electron chi connectivity index (χ0n) is 15.0. The Labute approximate surface area is 155 Å². The average molecular weight is 369 g/mol. The first-order chi connectivity index (χ1) is 13.0. The summed E-state index contributed by atoms with van der Waals surface area (Å²) in [5.41, 5.74) is 1.47. The molecule has 0 radical (unpaired) electrons. The summed E-state index contributed by atoms with van der Waals surface area (Å²) in [5, 5.41) is 6.72. The lowest BCUT2D eigenvalue weighted by Crippen LogP contribution is -2.21. The van der Waals surface area contributed by atoms with Crippen LogP contribution in [0.2, 0.25) is 0 Å². The zero-order chi connectivity index (χ0) is 19.2. The van der Waals surface area contributed by atoms with Gasteiger partial charge in [-0.2, -0.15) is 5.10 Å². The second-order valence-corrected chi connectivity index (χ2v) is 5.80. The Morgan fingerprint density at radius 3 is 2.85 bits per heavy atom. The first-order valence-corrected chi connectivity index (χ1v) is 8.23. The molecule has 1 amide bonds. The average Bonchev–Trinajstić information content (AvgIpc) is 3.32. The first kappa shape index (κ1) is 18.2. The summed E-state index contributed by atoms with van der Waals surface area (Å²) in [7, 11) is 1.51. The largest absolute Gasteiger partial charge is 0.495 e.